The normalized spacial score (nSPS) is 12.3. The highest BCUT2D eigenvalue weighted by Gasteiger charge is 2.33. The number of carbonyl (C=O) groups is 2. The van der Waals surface area contributed by atoms with E-state index >= 15 is 4.79 Å². The van der Waals surface area contributed by atoms with E-state index in [9.17, 15) is 10.0 Å². The molecule has 15 aromatic carbocycles. The fourth-order valence-electron chi connectivity index (χ4n) is 23.6. The lowest BCUT2D eigenvalue weighted by atomic mass is 9.79. The number of esters is 1. The molecule has 0 saturated heterocycles. The summed E-state index contributed by atoms with van der Waals surface area (Å²) in [6.45, 7) is 74.6. The maximum Gasteiger partial charge on any atom is 0.329 e. The molecule has 0 heterocycles. The zero-order chi connectivity index (χ0) is 108. The van der Waals surface area contributed by atoms with Crippen molar-refractivity contribution < 1.29 is 19.5 Å². The van der Waals surface area contributed by atoms with Gasteiger partial charge >= 0.3 is 5.97 Å². The number of ether oxygens (including phenoxy) is 1. The molecule has 1 amide bonds. The van der Waals surface area contributed by atoms with Gasteiger partial charge in [-0.3, -0.25) is 4.79 Å². The lowest BCUT2D eigenvalue weighted by molar-refractivity contribution is -0.142. The molecule has 0 aromatic heterocycles. The molecule has 0 saturated carbocycles. The predicted molar refractivity (Wildman–Crippen MR) is 649 cm³/mol. The minimum atomic E-state index is -1.24. The molecule has 0 bridgehead atoms. The van der Waals surface area contributed by atoms with Gasteiger partial charge < -0.3 is 15.3 Å². The molecule has 0 aliphatic heterocycles. The van der Waals surface area contributed by atoms with Crippen molar-refractivity contribution in [3.05, 3.63) is 368 Å². The molecule has 6 nitrogen and oxygen atoms in total. The number of methoxy groups -OCH3 is 1. The van der Waals surface area contributed by atoms with Gasteiger partial charge in [-0.05, 0) is 449 Å². The Morgan fingerprint density at radius 3 is 0.487 bits per heavy atom. The summed E-state index contributed by atoms with van der Waals surface area (Å²) in [6, 6.07) is 105. The summed E-state index contributed by atoms with van der Waals surface area (Å²) >= 11 is 0.919. The summed E-state index contributed by atoms with van der Waals surface area (Å²) in [4.78, 5) is 35.0. The largest absolute Gasteiger partial charge is 0.467 e. The number of hydrogen-bond acceptors (Lipinski definition) is 6. The van der Waals surface area contributed by atoms with Gasteiger partial charge in [0, 0.05) is 5.75 Å². The van der Waals surface area contributed by atoms with Gasteiger partial charge in [-0.1, -0.05) is 397 Å². The van der Waals surface area contributed by atoms with Gasteiger partial charge in [0.1, 0.15) is 6.04 Å². The Labute approximate surface area is 905 Å². The molecule has 0 unspecified atom stereocenters. The number of benzene rings is 15. The third-order valence-corrected chi connectivity index (χ3v) is 31.9. The SMILES string of the molecule is COC(=O)[C@H](CSNO)NC(=O)c1c(-c2cc(-c3cc(-c4c(C(C)C)cccc4C(C)C)cc(-c4c(C(C)C)cccc4C(C)C)c3)cc(-c3cc(-c4c(C(C)C)cccc4C(C)C)cc(-c4c(C(C)C)cccc4C(C)C)c3)c2)cccc1-c1cc(-c2cc(-c3c(C(C)C)cccc3C(C)C)cc(-c3c(C(C)C)cccc3C(C)C)c2)cc(-c2cc(-c3c(C(C)C)cccc3C(C)C)cc(-c3c(C(C)C)cccc3C(C)C)c2)c1. The number of carbonyl (C=O) groups excluding carboxylic acids is 2. The van der Waals surface area contributed by atoms with Gasteiger partial charge in [-0.15, -0.1) is 4.89 Å². The molecule has 1 atom stereocenters. The van der Waals surface area contributed by atoms with Crippen LogP contribution in [0.2, 0.25) is 0 Å². The maximum atomic E-state index is 17.8. The van der Waals surface area contributed by atoms with Gasteiger partial charge in [-0.25, -0.2) is 4.79 Å². The van der Waals surface area contributed by atoms with E-state index in [0.717, 1.165) is 112 Å². The van der Waals surface area contributed by atoms with E-state index in [-0.39, 0.29) is 100 Å². The monoisotopic (exact) mass is 2010 g/mol. The van der Waals surface area contributed by atoms with Crippen LogP contribution in [0.4, 0.5) is 0 Å². The summed E-state index contributed by atoms with van der Waals surface area (Å²) in [6.07, 6.45) is 0. The number of hydrogen-bond donors (Lipinski definition) is 3. The van der Waals surface area contributed by atoms with Crippen molar-refractivity contribution in [1.29, 1.82) is 0 Å². The van der Waals surface area contributed by atoms with Crippen molar-refractivity contribution in [1.82, 2.24) is 10.2 Å². The van der Waals surface area contributed by atoms with E-state index in [1.165, 1.54) is 141 Å². The van der Waals surface area contributed by atoms with Crippen molar-refractivity contribution in [2.45, 2.75) is 322 Å². The summed E-state index contributed by atoms with van der Waals surface area (Å²) < 4.78 is 5.72. The summed E-state index contributed by atoms with van der Waals surface area (Å²) in [5.41, 5.74) is 50.8. The second-order valence-electron chi connectivity index (χ2n) is 47.4. The van der Waals surface area contributed by atoms with Crippen LogP contribution in [0.15, 0.2) is 273 Å². The standard InChI is InChI=1S/C143H166N2O4S/c1-80(2)114-43-34-44-115(81(3)4)133(114)106-67-100(68-107(75-106)134-116(82(5)6)45-35-46-117(134)83(7)8)96-61-97(101-69-108(135-118(84(9)10)47-36-48-119(135)85(11)12)76-109(70-101)136-120(86(13)14)49-37-50-121(136)87(15)16)64-104(63-96)130-59-42-60-131(141(130)142(146)144-132(79-150-145-148)143(147)149-33)105-65-98(102-71-110(137-122(88(17)18)51-38-52-123(137)89(19)20)77-111(72-102)138-124(90(21)22)53-39-54-125(138)91(23)24)62-99(66-105)103-73-112(139-126(92(25)26)55-40-56-127(139)93(27)28)78-113(74-103)140-128(94(29)30)57-41-58-129(140)95(31)32/h34-78,80-95,132,145,148H,79H2,1-33H3,(H,144,146)/t132-/m0/s1. The highest BCUT2D eigenvalue weighted by Crippen LogP contribution is 2.54. The molecule has 0 fully saturated rings. The highest BCUT2D eigenvalue weighted by atomic mass is 32.2. The van der Waals surface area contributed by atoms with E-state index in [1.54, 1.807) is 0 Å². The summed E-state index contributed by atoms with van der Waals surface area (Å²) in [5, 5.41) is 14.0. The minimum absolute atomic E-state index is 0.0674. The van der Waals surface area contributed by atoms with E-state index < -0.39 is 17.9 Å². The molecule has 7 heteroatoms. The molecule has 0 aliphatic carbocycles. The first kappa shape index (κ1) is 112. The van der Waals surface area contributed by atoms with Crippen molar-refractivity contribution in [3.63, 3.8) is 0 Å². The predicted octanol–water partition coefficient (Wildman–Crippen LogP) is 41.9. The van der Waals surface area contributed by atoms with Crippen LogP contribution in [0.25, 0.3) is 156 Å². The Bertz CT molecular complexity index is 6120. The molecular weight excluding hydrogens is 1840 g/mol. The topological polar surface area (TPSA) is 87.7 Å². The Morgan fingerprint density at radius 1 is 0.213 bits per heavy atom. The first-order valence-corrected chi connectivity index (χ1v) is 56.9. The Balaban J connectivity index is 1.18. The van der Waals surface area contributed by atoms with E-state index in [4.69, 9.17) is 4.74 Å². The van der Waals surface area contributed by atoms with Crippen molar-refractivity contribution >= 4 is 23.8 Å². The zero-order valence-electron chi connectivity index (χ0n) is 96.1. The quantitative estimate of drug-likeness (QED) is 0.0206. The Hall–Kier alpha value is -12.5. The lowest BCUT2D eigenvalue weighted by Gasteiger charge is -2.25. The molecule has 778 valence electrons. The van der Waals surface area contributed by atoms with Crippen molar-refractivity contribution in [3.8, 4) is 156 Å². The zero-order valence-corrected chi connectivity index (χ0v) is 96.9. The molecule has 3 N–H and O–H groups in total. The van der Waals surface area contributed by atoms with E-state index in [1.807, 2.05) is 0 Å². The van der Waals surface area contributed by atoms with Crippen LogP contribution in [0, 0.1) is 0 Å². The van der Waals surface area contributed by atoms with Crippen LogP contribution in [0.1, 0.15) is 416 Å². The van der Waals surface area contributed by atoms with Crippen LogP contribution < -0.4 is 10.2 Å². The van der Waals surface area contributed by atoms with Gasteiger partial charge in [0.15, 0.2) is 0 Å². The molecule has 0 aliphatic rings. The number of rotatable bonds is 36. The van der Waals surface area contributed by atoms with E-state index in [0.29, 0.717) is 16.7 Å². The van der Waals surface area contributed by atoms with Gasteiger partial charge in [0.25, 0.3) is 5.91 Å². The maximum absolute atomic E-state index is 17.8. The number of amides is 1. The fourth-order valence-corrected chi connectivity index (χ4v) is 24.0. The summed E-state index contributed by atoms with van der Waals surface area (Å²) in [5.74, 6) is 1.77. The van der Waals surface area contributed by atoms with Crippen LogP contribution in [-0.2, 0) is 9.53 Å². The first-order valence-electron chi connectivity index (χ1n) is 55.9. The second-order valence-corrected chi connectivity index (χ2v) is 48.2. The van der Waals surface area contributed by atoms with E-state index in [2.05, 4.69) is 505 Å². The smallest absolute Gasteiger partial charge is 0.329 e. The molecule has 15 aromatic rings. The molecule has 0 radical (unpaired) electrons. The van der Waals surface area contributed by atoms with Crippen LogP contribution >= 0.6 is 11.9 Å². The third-order valence-electron chi connectivity index (χ3n) is 31.2. The van der Waals surface area contributed by atoms with Crippen molar-refractivity contribution in [2.24, 2.45) is 0 Å². The summed E-state index contributed by atoms with van der Waals surface area (Å²) in [7, 11) is 1.36. The average molecular weight is 2010 g/mol. The highest BCUT2D eigenvalue weighted by molar-refractivity contribution is 7.97. The Morgan fingerprint density at radius 2 is 0.347 bits per heavy atom. The van der Waals surface area contributed by atoms with Crippen LogP contribution in [0.5, 0.6) is 0 Å². The second kappa shape index (κ2) is 47.6. The third kappa shape index (κ3) is 23.4. The fraction of sp³-hybridized carbons (Fsp3) is 0.357. The van der Waals surface area contributed by atoms with Gasteiger partial charge in [0.2, 0.25) is 0 Å². The van der Waals surface area contributed by atoms with Crippen molar-refractivity contribution in [2.75, 3.05) is 12.9 Å². The molecular formula is C143H166N2O4S. The van der Waals surface area contributed by atoms with Gasteiger partial charge in [0.05, 0.1) is 12.7 Å². The van der Waals surface area contributed by atoms with Crippen LogP contribution in [0.3, 0.4) is 0 Å². The average Bonchev–Trinajstić information content (AvgIpc) is 0.744. The minimum Gasteiger partial charge on any atom is -0.467 e. The van der Waals surface area contributed by atoms with Gasteiger partial charge in [-0.2, -0.15) is 0 Å². The number of nitrogens with one attached hydrogen (secondary N) is 2. The first-order chi connectivity index (χ1) is 71.4. The Kier molecular flexibility index (Phi) is 35.4. The molecule has 150 heavy (non-hydrogen) atoms. The molecule has 0 spiro atoms. The molecule has 15 rings (SSSR count). The lowest BCUT2D eigenvalue weighted by Crippen LogP contribution is -2.44. The van der Waals surface area contributed by atoms with Crippen LogP contribution in [-0.4, -0.2) is 36.0 Å².